The Labute approximate surface area is 217 Å². The van der Waals surface area contributed by atoms with Crippen LogP contribution in [0.1, 0.15) is 36.1 Å². The summed E-state index contributed by atoms with van der Waals surface area (Å²) in [6.45, 7) is -1.07. The molecule has 1 fully saturated rings. The molecule has 0 radical (unpaired) electrons. The second kappa shape index (κ2) is 9.96. The summed E-state index contributed by atoms with van der Waals surface area (Å²) in [5, 5.41) is 10.1. The predicted octanol–water partition coefficient (Wildman–Crippen LogP) is 4.31. The van der Waals surface area contributed by atoms with Gasteiger partial charge < -0.3 is 20.6 Å². The lowest BCUT2D eigenvalue weighted by molar-refractivity contribution is 0.102. The molecule has 11 heteroatoms. The van der Waals surface area contributed by atoms with Crippen LogP contribution in [0.15, 0.2) is 60.7 Å². The summed E-state index contributed by atoms with van der Waals surface area (Å²) in [7, 11) is -4.72. The third-order valence-electron chi connectivity index (χ3n) is 6.83. The highest BCUT2D eigenvalue weighted by atomic mass is 32.1. The molecule has 0 saturated heterocycles. The SMILES string of the molecule is NC(CO)(CCc1ccc(-c2nc3ccc(C4(c5ccccc5)CC4)nc3s2)c(F)c1)COP(=O)(O)O. The summed E-state index contributed by atoms with van der Waals surface area (Å²) >= 11 is 1.35. The van der Waals surface area contributed by atoms with E-state index in [4.69, 9.17) is 20.5 Å². The molecule has 2 aromatic carbocycles. The van der Waals surface area contributed by atoms with Crippen LogP contribution in [-0.4, -0.2) is 43.6 Å². The summed E-state index contributed by atoms with van der Waals surface area (Å²) in [6.07, 6.45) is 2.51. The first kappa shape index (κ1) is 26.1. The standard InChI is InChI=1S/C26H27FN3O5PS/c27-20-14-17(10-11-25(28,15-31)16-35-36(32,33)34)6-7-19(20)23-29-21-8-9-22(30-24(21)37-23)26(12-13-26)18-4-2-1-3-5-18/h1-9,14,31H,10-13,15-16,28H2,(H2,32,33,34). The minimum atomic E-state index is -4.72. The van der Waals surface area contributed by atoms with E-state index in [1.165, 1.54) is 23.0 Å². The van der Waals surface area contributed by atoms with Gasteiger partial charge in [-0.3, -0.25) is 4.52 Å². The van der Waals surface area contributed by atoms with Crippen molar-refractivity contribution in [1.29, 1.82) is 0 Å². The molecule has 0 spiro atoms. The number of phosphoric ester groups is 1. The number of phosphoric acid groups is 1. The van der Waals surface area contributed by atoms with Gasteiger partial charge in [0, 0.05) is 11.0 Å². The minimum Gasteiger partial charge on any atom is -0.394 e. The van der Waals surface area contributed by atoms with Crippen LogP contribution in [0.3, 0.4) is 0 Å². The Morgan fingerprint density at radius 3 is 2.51 bits per heavy atom. The quantitative estimate of drug-likeness (QED) is 0.217. The summed E-state index contributed by atoms with van der Waals surface area (Å²) in [5.41, 5.74) is 8.55. The molecule has 1 unspecified atom stereocenters. The lowest BCUT2D eigenvalue weighted by atomic mass is 9.92. The fourth-order valence-corrected chi connectivity index (χ4v) is 5.85. The van der Waals surface area contributed by atoms with Crippen LogP contribution < -0.4 is 5.73 Å². The molecule has 1 saturated carbocycles. The van der Waals surface area contributed by atoms with Crippen LogP contribution in [0.4, 0.5) is 4.39 Å². The first-order chi connectivity index (χ1) is 17.6. The lowest BCUT2D eigenvalue weighted by Crippen LogP contribution is -2.48. The molecule has 2 heterocycles. The van der Waals surface area contributed by atoms with Gasteiger partial charge in [-0.15, -0.1) is 0 Å². The maximum atomic E-state index is 15.1. The zero-order valence-electron chi connectivity index (χ0n) is 19.9. The third kappa shape index (κ3) is 5.66. The number of aliphatic hydroxyl groups is 1. The molecule has 1 aliphatic rings. The number of aliphatic hydroxyl groups excluding tert-OH is 1. The Hall–Kier alpha value is -2.56. The Kier molecular flexibility index (Phi) is 7.02. The third-order valence-corrected chi connectivity index (χ3v) is 8.30. The van der Waals surface area contributed by atoms with Crippen LogP contribution in [0.5, 0.6) is 0 Å². The number of aryl methyl sites for hydroxylation is 1. The Morgan fingerprint density at radius 2 is 1.86 bits per heavy atom. The first-order valence-electron chi connectivity index (χ1n) is 11.8. The maximum Gasteiger partial charge on any atom is 0.469 e. The number of fused-ring (bicyclic) bond motifs is 1. The van der Waals surface area contributed by atoms with Crippen molar-refractivity contribution in [2.24, 2.45) is 5.73 Å². The van der Waals surface area contributed by atoms with Crippen LogP contribution in [-0.2, 0) is 20.9 Å². The molecule has 194 valence electrons. The fraction of sp³-hybridized carbons (Fsp3) is 0.308. The van der Waals surface area contributed by atoms with Crippen LogP contribution in [0.25, 0.3) is 20.9 Å². The Bertz CT molecular complexity index is 1470. The smallest absolute Gasteiger partial charge is 0.394 e. The molecule has 0 bridgehead atoms. The van der Waals surface area contributed by atoms with Crippen molar-refractivity contribution in [2.75, 3.05) is 13.2 Å². The van der Waals surface area contributed by atoms with Crippen LogP contribution >= 0.6 is 19.2 Å². The molecule has 1 aliphatic carbocycles. The topological polar surface area (TPSA) is 139 Å². The summed E-state index contributed by atoms with van der Waals surface area (Å²) < 4.78 is 30.5. The number of hydrogen-bond donors (Lipinski definition) is 4. The molecule has 5 N–H and O–H groups in total. The number of aromatic nitrogens is 2. The fourth-order valence-electron chi connectivity index (χ4n) is 4.46. The normalized spacial score (nSPS) is 16.6. The van der Waals surface area contributed by atoms with E-state index in [2.05, 4.69) is 21.6 Å². The van der Waals surface area contributed by atoms with E-state index < -0.39 is 32.4 Å². The van der Waals surface area contributed by atoms with Crippen molar-refractivity contribution in [3.8, 4) is 10.6 Å². The van der Waals surface area contributed by atoms with Crippen molar-refractivity contribution in [1.82, 2.24) is 9.97 Å². The average Bonchev–Trinajstić information content (AvgIpc) is 3.59. The second-order valence-electron chi connectivity index (χ2n) is 9.59. The van der Waals surface area contributed by atoms with E-state index in [0.29, 0.717) is 16.1 Å². The highest BCUT2D eigenvalue weighted by Crippen LogP contribution is 2.53. The van der Waals surface area contributed by atoms with E-state index in [-0.39, 0.29) is 18.3 Å². The average molecular weight is 544 g/mol. The zero-order chi connectivity index (χ0) is 26.3. The second-order valence-corrected chi connectivity index (χ2v) is 11.8. The summed E-state index contributed by atoms with van der Waals surface area (Å²) in [4.78, 5) is 28.1. The largest absolute Gasteiger partial charge is 0.469 e. The minimum absolute atomic E-state index is 0.0599. The Balaban J connectivity index is 1.33. The van der Waals surface area contributed by atoms with Gasteiger partial charge in [-0.2, -0.15) is 0 Å². The molecule has 0 amide bonds. The van der Waals surface area contributed by atoms with Crippen LogP contribution in [0.2, 0.25) is 0 Å². The van der Waals surface area contributed by atoms with E-state index >= 15 is 4.39 Å². The molecular weight excluding hydrogens is 516 g/mol. The molecule has 5 rings (SSSR count). The molecule has 8 nitrogen and oxygen atoms in total. The highest BCUT2D eigenvalue weighted by molar-refractivity contribution is 7.46. The number of hydrogen-bond acceptors (Lipinski definition) is 7. The van der Waals surface area contributed by atoms with Gasteiger partial charge in [0.25, 0.3) is 0 Å². The highest BCUT2D eigenvalue weighted by Gasteiger charge is 2.47. The summed E-state index contributed by atoms with van der Waals surface area (Å²) in [5.74, 6) is -0.446. The molecule has 37 heavy (non-hydrogen) atoms. The molecule has 2 aromatic heterocycles. The zero-order valence-corrected chi connectivity index (χ0v) is 21.6. The van der Waals surface area contributed by atoms with E-state index in [1.807, 2.05) is 30.3 Å². The van der Waals surface area contributed by atoms with Crippen molar-refractivity contribution in [2.45, 2.75) is 36.6 Å². The van der Waals surface area contributed by atoms with Gasteiger partial charge >= 0.3 is 7.82 Å². The van der Waals surface area contributed by atoms with Crippen molar-refractivity contribution >= 4 is 29.5 Å². The van der Waals surface area contributed by atoms with Gasteiger partial charge in [0.15, 0.2) is 0 Å². The van der Waals surface area contributed by atoms with Crippen molar-refractivity contribution < 1.29 is 28.4 Å². The van der Waals surface area contributed by atoms with Gasteiger partial charge in [0.05, 0.1) is 24.4 Å². The number of benzene rings is 2. The predicted molar refractivity (Wildman–Crippen MR) is 140 cm³/mol. The van der Waals surface area contributed by atoms with Gasteiger partial charge in [-0.1, -0.05) is 47.7 Å². The van der Waals surface area contributed by atoms with E-state index in [0.717, 1.165) is 28.9 Å². The summed E-state index contributed by atoms with van der Waals surface area (Å²) in [6, 6.07) is 19.1. The van der Waals surface area contributed by atoms with Gasteiger partial charge in [-0.05, 0) is 61.1 Å². The number of nitrogens with zero attached hydrogens (tertiary/aromatic N) is 2. The van der Waals surface area contributed by atoms with E-state index in [9.17, 15) is 9.67 Å². The van der Waals surface area contributed by atoms with Crippen molar-refractivity contribution in [3.05, 3.63) is 83.3 Å². The molecular formula is C26H27FN3O5PS. The lowest BCUT2D eigenvalue weighted by Gasteiger charge is -2.27. The number of halogens is 1. The number of thiazole rings is 1. The molecule has 1 atom stereocenters. The van der Waals surface area contributed by atoms with Crippen LogP contribution in [0, 0.1) is 5.82 Å². The number of rotatable bonds is 10. The maximum absolute atomic E-state index is 15.1. The van der Waals surface area contributed by atoms with Gasteiger partial charge in [0.1, 0.15) is 21.2 Å². The van der Waals surface area contributed by atoms with E-state index in [1.54, 1.807) is 12.1 Å². The molecule has 0 aliphatic heterocycles. The van der Waals surface area contributed by atoms with Crippen molar-refractivity contribution in [3.63, 3.8) is 0 Å². The monoisotopic (exact) mass is 543 g/mol. The molecule has 4 aromatic rings. The Morgan fingerprint density at radius 1 is 1.11 bits per heavy atom. The number of nitrogens with two attached hydrogens (primary N) is 1. The van der Waals surface area contributed by atoms with Gasteiger partial charge in [0.2, 0.25) is 0 Å². The first-order valence-corrected chi connectivity index (χ1v) is 14.2. The number of pyridine rings is 1. The van der Waals surface area contributed by atoms with Gasteiger partial charge in [-0.25, -0.2) is 18.9 Å².